The number of hydrogen-bond donors (Lipinski definition) is 3. The number of nitrogen functional groups attached to an aromatic ring is 1. The van der Waals surface area contributed by atoms with Crippen molar-refractivity contribution in [3.63, 3.8) is 0 Å². The molecule has 0 atom stereocenters. The fourth-order valence-electron chi connectivity index (χ4n) is 2.06. The summed E-state index contributed by atoms with van der Waals surface area (Å²) in [4.78, 5) is 30.9. The summed E-state index contributed by atoms with van der Waals surface area (Å²) in [7, 11) is 0. The van der Waals surface area contributed by atoms with E-state index in [0.29, 0.717) is 16.6 Å². The number of nitrogens with two attached hydrogens (primary N) is 1. The van der Waals surface area contributed by atoms with E-state index in [0.717, 1.165) is 0 Å². The van der Waals surface area contributed by atoms with Gasteiger partial charge in [-0.3, -0.25) is 9.59 Å². The molecule has 0 unspecified atom stereocenters. The van der Waals surface area contributed by atoms with Gasteiger partial charge in [0.05, 0.1) is 16.5 Å². The molecule has 1 aromatic heterocycles. The first-order valence-electron chi connectivity index (χ1n) is 6.18. The Labute approximate surface area is 118 Å². The number of hydrogen-bond acceptors (Lipinski definition) is 5. The number of para-hydroxylation sites is 1. The maximum atomic E-state index is 12.3. The molecule has 0 amide bonds. The Morgan fingerprint density at radius 1 is 1.19 bits per heavy atom. The van der Waals surface area contributed by atoms with Crippen molar-refractivity contribution in [1.82, 2.24) is 9.97 Å². The SMILES string of the molecule is Nc1ccc2nc(C(=O)c3ccccc3O)[nH]c(=O)c2c1. The van der Waals surface area contributed by atoms with Crippen LogP contribution in [0.15, 0.2) is 47.3 Å². The first kappa shape index (κ1) is 12.9. The zero-order valence-electron chi connectivity index (χ0n) is 10.8. The molecule has 4 N–H and O–H groups in total. The lowest BCUT2D eigenvalue weighted by molar-refractivity contribution is 0.102. The van der Waals surface area contributed by atoms with Crippen molar-refractivity contribution in [2.75, 3.05) is 5.73 Å². The zero-order chi connectivity index (χ0) is 15.0. The molecule has 3 aromatic rings. The number of carbonyl (C=O) groups excluding carboxylic acids is 1. The molecule has 0 fully saturated rings. The van der Waals surface area contributed by atoms with E-state index in [2.05, 4.69) is 9.97 Å². The van der Waals surface area contributed by atoms with Crippen molar-refractivity contribution < 1.29 is 9.90 Å². The summed E-state index contributed by atoms with van der Waals surface area (Å²) in [6.45, 7) is 0. The van der Waals surface area contributed by atoms with Crippen LogP contribution in [-0.2, 0) is 0 Å². The normalized spacial score (nSPS) is 10.7. The second kappa shape index (κ2) is 4.75. The average Bonchev–Trinajstić information content (AvgIpc) is 2.47. The molecule has 0 bridgehead atoms. The number of fused-ring (bicyclic) bond motifs is 1. The van der Waals surface area contributed by atoms with Gasteiger partial charge in [0.15, 0.2) is 5.82 Å². The van der Waals surface area contributed by atoms with Gasteiger partial charge in [-0.25, -0.2) is 4.98 Å². The Morgan fingerprint density at radius 3 is 2.71 bits per heavy atom. The summed E-state index contributed by atoms with van der Waals surface area (Å²) in [5.41, 5.74) is 6.05. The van der Waals surface area contributed by atoms with Gasteiger partial charge < -0.3 is 15.8 Å². The second-order valence-corrected chi connectivity index (χ2v) is 4.54. The number of rotatable bonds is 2. The fourth-order valence-corrected chi connectivity index (χ4v) is 2.06. The molecule has 0 aliphatic carbocycles. The number of benzene rings is 2. The van der Waals surface area contributed by atoms with E-state index in [4.69, 9.17) is 5.73 Å². The molecular formula is C15H11N3O3. The van der Waals surface area contributed by atoms with Crippen LogP contribution in [0.25, 0.3) is 10.9 Å². The van der Waals surface area contributed by atoms with Crippen molar-refractivity contribution in [2.24, 2.45) is 0 Å². The van der Waals surface area contributed by atoms with Crippen LogP contribution < -0.4 is 11.3 Å². The molecule has 3 rings (SSSR count). The highest BCUT2D eigenvalue weighted by molar-refractivity contribution is 6.08. The topological polar surface area (TPSA) is 109 Å². The lowest BCUT2D eigenvalue weighted by Crippen LogP contribution is -2.16. The van der Waals surface area contributed by atoms with Crippen LogP contribution in [0.5, 0.6) is 5.75 Å². The third-order valence-corrected chi connectivity index (χ3v) is 3.09. The summed E-state index contributed by atoms with van der Waals surface area (Å²) >= 11 is 0. The van der Waals surface area contributed by atoms with Crippen LogP contribution in [0.2, 0.25) is 0 Å². The minimum Gasteiger partial charge on any atom is -0.507 e. The van der Waals surface area contributed by atoms with E-state index in [1.807, 2.05) is 0 Å². The number of phenolic OH excluding ortho intramolecular Hbond substituents is 1. The van der Waals surface area contributed by atoms with Gasteiger partial charge in [0.1, 0.15) is 5.75 Å². The number of phenols is 1. The van der Waals surface area contributed by atoms with Crippen LogP contribution in [0, 0.1) is 0 Å². The quantitative estimate of drug-likeness (QED) is 0.486. The van der Waals surface area contributed by atoms with Crippen molar-refractivity contribution in [2.45, 2.75) is 0 Å². The number of aromatic amines is 1. The largest absolute Gasteiger partial charge is 0.507 e. The van der Waals surface area contributed by atoms with Gasteiger partial charge in [-0.05, 0) is 30.3 Å². The van der Waals surface area contributed by atoms with Crippen LogP contribution in [0.4, 0.5) is 5.69 Å². The molecule has 21 heavy (non-hydrogen) atoms. The number of aromatic nitrogens is 2. The van der Waals surface area contributed by atoms with Gasteiger partial charge in [0.25, 0.3) is 5.56 Å². The number of H-pyrrole nitrogens is 1. The molecule has 6 nitrogen and oxygen atoms in total. The number of carbonyl (C=O) groups is 1. The minimum atomic E-state index is -0.552. The van der Waals surface area contributed by atoms with Crippen LogP contribution in [0.3, 0.4) is 0 Å². The van der Waals surface area contributed by atoms with Gasteiger partial charge in [-0.1, -0.05) is 12.1 Å². The molecule has 104 valence electrons. The number of anilines is 1. The molecule has 0 spiro atoms. The third kappa shape index (κ3) is 2.23. The zero-order valence-corrected chi connectivity index (χ0v) is 10.8. The summed E-state index contributed by atoms with van der Waals surface area (Å²) in [6.07, 6.45) is 0. The number of aromatic hydroxyl groups is 1. The lowest BCUT2D eigenvalue weighted by Gasteiger charge is -2.04. The minimum absolute atomic E-state index is 0.0791. The Hall–Kier alpha value is -3.15. The first-order chi connectivity index (χ1) is 10.1. The highest BCUT2D eigenvalue weighted by Gasteiger charge is 2.16. The van der Waals surface area contributed by atoms with E-state index >= 15 is 0 Å². The second-order valence-electron chi connectivity index (χ2n) is 4.54. The lowest BCUT2D eigenvalue weighted by atomic mass is 10.1. The van der Waals surface area contributed by atoms with Gasteiger partial charge in [-0.2, -0.15) is 0 Å². The molecule has 6 heteroatoms. The van der Waals surface area contributed by atoms with Gasteiger partial charge in [0, 0.05) is 5.69 Å². The van der Waals surface area contributed by atoms with Crippen LogP contribution in [-0.4, -0.2) is 20.9 Å². The van der Waals surface area contributed by atoms with Gasteiger partial charge in [-0.15, -0.1) is 0 Å². The smallest absolute Gasteiger partial charge is 0.259 e. The van der Waals surface area contributed by atoms with Gasteiger partial charge >= 0.3 is 0 Å². The summed E-state index contributed by atoms with van der Waals surface area (Å²) < 4.78 is 0. The Kier molecular flexibility index (Phi) is 2.91. The van der Waals surface area contributed by atoms with E-state index in [1.54, 1.807) is 24.3 Å². The van der Waals surface area contributed by atoms with Crippen molar-refractivity contribution in [1.29, 1.82) is 0 Å². The molecule has 0 saturated carbocycles. The number of nitrogens with zero attached hydrogens (tertiary/aromatic N) is 1. The van der Waals surface area contributed by atoms with Crippen LogP contribution >= 0.6 is 0 Å². The average molecular weight is 281 g/mol. The Morgan fingerprint density at radius 2 is 1.95 bits per heavy atom. The highest BCUT2D eigenvalue weighted by atomic mass is 16.3. The first-order valence-corrected chi connectivity index (χ1v) is 6.18. The van der Waals surface area contributed by atoms with Gasteiger partial charge in [0.2, 0.25) is 5.78 Å². The third-order valence-electron chi connectivity index (χ3n) is 3.09. The summed E-state index contributed by atoms with van der Waals surface area (Å²) in [5.74, 6) is -0.842. The monoisotopic (exact) mass is 281 g/mol. The van der Waals surface area contributed by atoms with Crippen LogP contribution in [0.1, 0.15) is 16.2 Å². The summed E-state index contributed by atoms with van der Waals surface area (Å²) in [6, 6.07) is 10.7. The number of ketones is 1. The highest BCUT2D eigenvalue weighted by Crippen LogP contribution is 2.19. The van der Waals surface area contributed by atoms with E-state index in [-0.39, 0.29) is 17.1 Å². The van der Waals surface area contributed by atoms with Crippen molar-refractivity contribution >= 4 is 22.4 Å². The Balaban J connectivity index is 2.18. The Bertz CT molecular complexity index is 915. The molecule has 0 aliphatic heterocycles. The fraction of sp³-hybridized carbons (Fsp3) is 0. The van der Waals surface area contributed by atoms with E-state index < -0.39 is 11.3 Å². The summed E-state index contributed by atoms with van der Waals surface area (Å²) in [5, 5.41) is 10.0. The molecule has 1 heterocycles. The maximum absolute atomic E-state index is 12.3. The van der Waals surface area contributed by atoms with E-state index in [9.17, 15) is 14.7 Å². The molecule has 0 saturated heterocycles. The maximum Gasteiger partial charge on any atom is 0.259 e. The van der Waals surface area contributed by atoms with Crippen molar-refractivity contribution in [3.8, 4) is 5.75 Å². The van der Waals surface area contributed by atoms with Crippen molar-refractivity contribution in [3.05, 3.63) is 64.2 Å². The number of nitrogens with one attached hydrogen (secondary N) is 1. The predicted molar refractivity (Wildman–Crippen MR) is 78.3 cm³/mol. The predicted octanol–water partition coefficient (Wildman–Crippen LogP) is 1.44. The molecule has 0 aliphatic rings. The van der Waals surface area contributed by atoms with E-state index in [1.165, 1.54) is 18.2 Å². The molecule has 2 aromatic carbocycles. The standard InChI is InChI=1S/C15H11N3O3/c16-8-5-6-11-10(7-8)15(21)18-14(17-11)13(20)9-3-1-2-4-12(9)19/h1-7,19H,16H2,(H,17,18,21). The molecule has 0 radical (unpaired) electrons. The molecular weight excluding hydrogens is 270 g/mol.